The van der Waals surface area contributed by atoms with Crippen LogP contribution in [0.2, 0.25) is 0 Å². The van der Waals surface area contributed by atoms with E-state index in [0.29, 0.717) is 11.6 Å². The fraction of sp³-hybridized carbons (Fsp3) is 0.0769. The van der Waals surface area contributed by atoms with E-state index in [-0.39, 0.29) is 23.8 Å². The SMILES string of the molecule is NC(=NO)c1ncccc1CNc1cc(F)cc(F)c1F. The number of amidine groups is 1. The molecule has 0 aliphatic heterocycles. The third kappa shape index (κ3) is 3.22. The summed E-state index contributed by atoms with van der Waals surface area (Å²) in [7, 11) is 0. The van der Waals surface area contributed by atoms with Crippen molar-refractivity contribution in [3.05, 3.63) is 59.2 Å². The van der Waals surface area contributed by atoms with E-state index >= 15 is 0 Å². The van der Waals surface area contributed by atoms with Gasteiger partial charge in [0.2, 0.25) is 0 Å². The molecule has 4 N–H and O–H groups in total. The molecule has 0 unspecified atom stereocenters. The van der Waals surface area contributed by atoms with Gasteiger partial charge in [0.05, 0.1) is 5.69 Å². The number of benzene rings is 1. The molecule has 1 aromatic carbocycles. The van der Waals surface area contributed by atoms with Crippen molar-refractivity contribution in [3.8, 4) is 0 Å². The molecule has 0 radical (unpaired) electrons. The van der Waals surface area contributed by atoms with Crippen LogP contribution in [-0.2, 0) is 6.54 Å². The lowest BCUT2D eigenvalue weighted by atomic mass is 10.1. The number of nitrogens with zero attached hydrogens (tertiary/aromatic N) is 2. The van der Waals surface area contributed by atoms with Gasteiger partial charge in [-0.3, -0.25) is 4.98 Å². The van der Waals surface area contributed by atoms with Gasteiger partial charge in [0, 0.05) is 30.4 Å². The van der Waals surface area contributed by atoms with Crippen LogP contribution in [0.3, 0.4) is 0 Å². The number of nitrogens with two attached hydrogens (primary N) is 1. The van der Waals surface area contributed by atoms with Crippen molar-refractivity contribution in [2.45, 2.75) is 6.54 Å². The van der Waals surface area contributed by atoms with Crippen LogP contribution in [0, 0.1) is 17.5 Å². The Labute approximate surface area is 117 Å². The molecule has 21 heavy (non-hydrogen) atoms. The first-order valence-corrected chi connectivity index (χ1v) is 5.83. The Bertz CT molecular complexity index is 691. The minimum atomic E-state index is -1.29. The Morgan fingerprint density at radius 2 is 2.10 bits per heavy atom. The highest BCUT2D eigenvalue weighted by molar-refractivity contribution is 5.96. The molecule has 0 amide bonds. The van der Waals surface area contributed by atoms with E-state index in [1.807, 2.05) is 0 Å². The molecule has 0 aliphatic carbocycles. The highest BCUT2D eigenvalue weighted by Crippen LogP contribution is 2.20. The summed E-state index contributed by atoms with van der Waals surface area (Å²) in [5, 5.41) is 14.0. The first-order chi connectivity index (χ1) is 10.0. The maximum atomic E-state index is 13.5. The monoisotopic (exact) mass is 296 g/mol. The molecule has 0 saturated carbocycles. The maximum Gasteiger partial charge on any atom is 0.189 e. The van der Waals surface area contributed by atoms with Gasteiger partial charge < -0.3 is 16.3 Å². The van der Waals surface area contributed by atoms with E-state index in [4.69, 9.17) is 10.9 Å². The van der Waals surface area contributed by atoms with Crippen molar-refractivity contribution < 1.29 is 18.4 Å². The van der Waals surface area contributed by atoms with Gasteiger partial charge in [0.25, 0.3) is 0 Å². The summed E-state index contributed by atoms with van der Waals surface area (Å²) in [4.78, 5) is 3.92. The minimum Gasteiger partial charge on any atom is -0.409 e. The molecule has 2 rings (SSSR count). The summed E-state index contributed by atoms with van der Waals surface area (Å²) in [6, 6.07) is 4.47. The Morgan fingerprint density at radius 1 is 1.33 bits per heavy atom. The molecule has 0 fully saturated rings. The summed E-state index contributed by atoms with van der Waals surface area (Å²) in [6.45, 7) is -0.0147. The highest BCUT2D eigenvalue weighted by atomic mass is 19.2. The largest absolute Gasteiger partial charge is 0.409 e. The number of nitrogens with one attached hydrogen (secondary N) is 1. The normalized spacial score (nSPS) is 11.5. The van der Waals surface area contributed by atoms with Gasteiger partial charge >= 0.3 is 0 Å². The molecule has 0 aliphatic rings. The van der Waals surface area contributed by atoms with Crippen molar-refractivity contribution in [2.75, 3.05) is 5.32 Å². The van der Waals surface area contributed by atoms with E-state index < -0.39 is 17.5 Å². The summed E-state index contributed by atoms with van der Waals surface area (Å²) < 4.78 is 39.7. The lowest BCUT2D eigenvalue weighted by Gasteiger charge is -2.11. The van der Waals surface area contributed by atoms with Crippen LogP contribution in [0.25, 0.3) is 0 Å². The quantitative estimate of drug-likeness (QED) is 0.265. The molecule has 1 heterocycles. The third-order valence-corrected chi connectivity index (χ3v) is 2.70. The summed E-state index contributed by atoms with van der Waals surface area (Å²) >= 11 is 0. The lowest BCUT2D eigenvalue weighted by Crippen LogP contribution is -2.18. The van der Waals surface area contributed by atoms with Crippen molar-refractivity contribution >= 4 is 11.5 Å². The van der Waals surface area contributed by atoms with Gasteiger partial charge in [-0.25, -0.2) is 13.2 Å². The summed E-state index contributed by atoms with van der Waals surface area (Å²) in [6.07, 6.45) is 1.43. The van der Waals surface area contributed by atoms with E-state index in [1.54, 1.807) is 12.1 Å². The van der Waals surface area contributed by atoms with Crippen molar-refractivity contribution in [1.29, 1.82) is 0 Å². The minimum absolute atomic E-state index is 0.0147. The van der Waals surface area contributed by atoms with Crippen LogP contribution in [0.5, 0.6) is 0 Å². The Morgan fingerprint density at radius 3 is 2.81 bits per heavy atom. The lowest BCUT2D eigenvalue weighted by molar-refractivity contribution is 0.318. The zero-order valence-corrected chi connectivity index (χ0v) is 10.6. The second kappa shape index (κ2) is 6.12. The average molecular weight is 296 g/mol. The summed E-state index contributed by atoms with van der Waals surface area (Å²) in [5.74, 6) is -3.61. The smallest absolute Gasteiger partial charge is 0.189 e. The molecule has 2 aromatic rings. The van der Waals surface area contributed by atoms with E-state index in [1.165, 1.54) is 6.20 Å². The van der Waals surface area contributed by atoms with Gasteiger partial charge in [0.15, 0.2) is 17.5 Å². The second-order valence-electron chi connectivity index (χ2n) is 4.10. The number of rotatable bonds is 4. The number of halogens is 3. The Kier molecular flexibility index (Phi) is 4.27. The highest BCUT2D eigenvalue weighted by Gasteiger charge is 2.12. The number of hydrogen-bond acceptors (Lipinski definition) is 4. The van der Waals surface area contributed by atoms with Crippen molar-refractivity contribution in [3.63, 3.8) is 0 Å². The van der Waals surface area contributed by atoms with E-state index in [9.17, 15) is 13.2 Å². The van der Waals surface area contributed by atoms with Crippen LogP contribution in [0.15, 0.2) is 35.6 Å². The topological polar surface area (TPSA) is 83.5 Å². The zero-order valence-electron chi connectivity index (χ0n) is 10.6. The molecule has 5 nitrogen and oxygen atoms in total. The molecule has 8 heteroatoms. The molecule has 1 aromatic heterocycles. The van der Waals surface area contributed by atoms with E-state index in [2.05, 4.69) is 15.5 Å². The number of hydrogen-bond donors (Lipinski definition) is 3. The molecule has 0 saturated heterocycles. The van der Waals surface area contributed by atoms with Crippen LogP contribution >= 0.6 is 0 Å². The Hall–Kier alpha value is -2.77. The van der Waals surface area contributed by atoms with Gasteiger partial charge in [0.1, 0.15) is 11.5 Å². The van der Waals surface area contributed by atoms with Crippen LogP contribution in [-0.4, -0.2) is 16.0 Å². The first kappa shape index (κ1) is 14.6. The molecule has 0 spiro atoms. The van der Waals surface area contributed by atoms with Crippen molar-refractivity contribution in [1.82, 2.24) is 4.98 Å². The maximum absolute atomic E-state index is 13.5. The van der Waals surface area contributed by atoms with Crippen molar-refractivity contribution in [2.24, 2.45) is 10.9 Å². The Balaban J connectivity index is 2.25. The molecule has 0 atom stereocenters. The van der Waals surface area contributed by atoms with Gasteiger partial charge in [-0.05, 0) is 6.07 Å². The fourth-order valence-corrected chi connectivity index (χ4v) is 1.73. The van der Waals surface area contributed by atoms with E-state index in [0.717, 1.165) is 6.07 Å². The number of pyridine rings is 1. The first-order valence-electron chi connectivity index (χ1n) is 5.83. The molecule has 110 valence electrons. The number of anilines is 1. The standard InChI is InChI=1S/C13H11F3N4O/c14-8-4-9(15)11(16)10(5-8)19-6-7-2-1-3-18-12(7)13(17)20-21/h1-5,19,21H,6H2,(H2,17,20). The summed E-state index contributed by atoms with van der Waals surface area (Å²) in [5.41, 5.74) is 5.78. The van der Waals surface area contributed by atoms with Crippen LogP contribution < -0.4 is 11.1 Å². The van der Waals surface area contributed by atoms with Gasteiger partial charge in [-0.2, -0.15) is 0 Å². The number of oxime groups is 1. The fourth-order valence-electron chi connectivity index (χ4n) is 1.73. The van der Waals surface area contributed by atoms with Gasteiger partial charge in [-0.15, -0.1) is 0 Å². The predicted molar refractivity (Wildman–Crippen MR) is 70.4 cm³/mol. The number of aromatic nitrogens is 1. The average Bonchev–Trinajstić information content (AvgIpc) is 2.49. The molecule has 0 bridgehead atoms. The molecular weight excluding hydrogens is 285 g/mol. The zero-order chi connectivity index (χ0) is 15.4. The second-order valence-corrected chi connectivity index (χ2v) is 4.10. The third-order valence-electron chi connectivity index (χ3n) is 2.70. The predicted octanol–water partition coefficient (Wildman–Crippen LogP) is 2.21. The van der Waals surface area contributed by atoms with Crippen LogP contribution in [0.1, 0.15) is 11.3 Å². The van der Waals surface area contributed by atoms with Crippen LogP contribution in [0.4, 0.5) is 18.9 Å². The molecular formula is C13H11F3N4O. The van der Waals surface area contributed by atoms with Gasteiger partial charge in [-0.1, -0.05) is 11.2 Å².